The largest absolute Gasteiger partial charge is 0.384 e. The molecule has 1 unspecified atom stereocenters. The third kappa shape index (κ3) is 3.90. The van der Waals surface area contributed by atoms with Crippen molar-refractivity contribution in [3.63, 3.8) is 0 Å². The van der Waals surface area contributed by atoms with E-state index in [2.05, 4.69) is 22.3 Å². The van der Waals surface area contributed by atoms with Gasteiger partial charge in [0.1, 0.15) is 5.82 Å². The van der Waals surface area contributed by atoms with Crippen molar-refractivity contribution >= 4 is 57.2 Å². The molecular formula is C20H14Cl2N6OS2. The fourth-order valence-electron chi connectivity index (χ4n) is 3.78. The van der Waals surface area contributed by atoms with E-state index in [0.29, 0.717) is 49.9 Å². The van der Waals surface area contributed by atoms with Gasteiger partial charge in [-0.25, -0.2) is 0 Å². The van der Waals surface area contributed by atoms with Gasteiger partial charge < -0.3 is 5.73 Å². The maximum absolute atomic E-state index is 13.1. The number of aromatic nitrogens is 2. The fourth-order valence-corrected chi connectivity index (χ4v) is 5.62. The topological polar surface area (TPSA) is 120 Å². The predicted molar refractivity (Wildman–Crippen MR) is 121 cm³/mol. The van der Waals surface area contributed by atoms with Gasteiger partial charge in [-0.1, -0.05) is 52.4 Å². The second-order valence-corrected chi connectivity index (χ2v) is 9.78. The molecular weight excluding hydrogens is 475 g/mol. The number of carbonyl (C=O) groups excluding carboxylic acids is 1. The molecule has 2 aromatic rings. The van der Waals surface area contributed by atoms with E-state index in [9.17, 15) is 10.1 Å². The van der Waals surface area contributed by atoms with Crippen LogP contribution in [0.3, 0.4) is 0 Å². The van der Waals surface area contributed by atoms with Crippen LogP contribution in [0.25, 0.3) is 0 Å². The van der Waals surface area contributed by atoms with Crippen LogP contribution in [0.4, 0.5) is 5.13 Å². The first kappa shape index (κ1) is 21.7. The predicted octanol–water partition coefficient (Wildman–Crippen LogP) is 4.77. The van der Waals surface area contributed by atoms with Gasteiger partial charge in [0.2, 0.25) is 5.13 Å². The number of anilines is 1. The lowest BCUT2D eigenvalue weighted by atomic mass is 9.76. The highest BCUT2D eigenvalue weighted by atomic mass is 35.5. The Labute approximate surface area is 196 Å². The first-order valence-corrected chi connectivity index (χ1v) is 11.8. The van der Waals surface area contributed by atoms with E-state index < -0.39 is 5.92 Å². The fraction of sp³-hybridized carbons (Fsp3) is 0.250. The third-order valence-corrected chi connectivity index (χ3v) is 7.69. The van der Waals surface area contributed by atoms with Gasteiger partial charge in [0, 0.05) is 17.7 Å². The Morgan fingerprint density at radius 2 is 2.06 bits per heavy atom. The van der Waals surface area contributed by atoms with Crippen molar-refractivity contribution in [1.82, 2.24) is 10.2 Å². The summed E-state index contributed by atoms with van der Waals surface area (Å²) in [6.07, 6.45) is 1.67. The number of hydrogen-bond acceptors (Lipinski definition) is 9. The Bertz CT molecular complexity index is 1220. The molecule has 1 aromatic heterocycles. The van der Waals surface area contributed by atoms with Crippen molar-refractivity contribution in [2.75, 3.05) is 10.7 Å². The van der Waals surface area contributed by atoms with Gasteiger partial charge in [0.05, 0.1) is 39.4 Å². The van der Waals surface area contributed by atoms with E-state index in [4.69, 9.17) is 34.2 Å². The van der Waals surface area contributed by atoms with Gasteiger partial charge in [0.15, 0.2) is 10.1 Å². The van der Waals surface area contributed by atoms with Crippen LogP contribution in [-0.4, -0.2) is 21.7 Å². The normalized spacial score (nSPS) is 18.6. The van der Waals surface area contributed by atoms with E-state index in [1.807, 2.05) is 0 Å². The number of Topliss-reactive ketones (excluding diaryl/α,β-unsaturated/α-hetero) is 1. The van der Waals surface area contributed by atoms with Crippen LogP contribution >= 0.6 is 46.3 Å². The lowest BCUT2D eigenvalue weighted by Gasteiger charge is -2.38. The average molecular weight is 489 g/mol. The van der Waals surface area contributed by atoms with Gasteiger partial charge in [-0.15, -0.1) is 10.2 Å². The van der Waals surface area contributed by atoms with Crippen molar-refractivity contribution in [3.8, 4) is 12.1 Å². The van der Waals surface area contributed by atoms with Crippen LogP contribution in [0.5, 0.6) is 0 Å². The number of rotatable bonds is 4. The number of hydrogen-bond donors (Lipinski definition) is 1. The number of ketones is 1. The third-order valence-electron chi connectivity index (χ3n) is 5.04. The number of allylic oxidation sites excluding steroid dienone is 3. The number of thioether (sulfide) groups is 1. The summed E-state index contributed by atoms with van der Waals surface area (Å²) < 4.78 is 0.610. The molecule has 31 heavy (non-hydrogen) atoms. The molecule has 0 amide bonds. The quantitative estimate of drug-likeness (QED) is 0.611. The second-order valence-electron chi connectivity index (χ2n) is 6.79. The highest BCUT2D eigenvalue weighted by Crippen LogP contribution is 2.47. The molecule has 11 heteroatoms. The molecule has 0 saturated carbocycles. The number of nitrogens with zero attached hydrogens (tertiary/aromatic N) is 5. The molecule has 0 fully saturated rings. The maximum Gasteiger partial charge on any atom is 0.219 e. The van der Waals surface area contributed by atoms with Crippen molar-refractivity contribution in [1.29, 1.82) is 10.5 Å². The summed E-state index contributed by atoms with van der Waals surface area (Å²) >= 11 is 14.8. The minimum Gasteiger partial charge on any atom is -0.384 e. The van der Waals surface area contributed by atoms with Gasteiger partial charge in [-0.2, -0.15) is 10.5 Å². The SMILES string of the molecule is N#CCSc1nnc(N2C(N)=C(C#N)C(c3ccc(Cl)c(Cl)c3)C3=C2CCCC3=O)s1. The smallest absolute Gasteiger partial charge is 0.219 e. The highest BCUT2D eigenvalue weighted by Gasteiger charge is 2.41. The molecule has 7 nitrogen and oxygen atoms in total. The van der Waals surface area contributed by atoms with Crippen LogP contribution < -0.4 is 10.6 Å². The Balaban J connectivity index is 1.88. The lowest BCUT2D eigenvalue weighted by molar-refractivity contribution is -0.116. The molecule has 1 aliphatic carbocycles. The lowest BCUT2D eigenvalue weighted by Crippen LogP contribution is -2.38. The molecule has 1 atom stereocenters. The second kappa shape index (κ2) is 8.89. The van der Waals surface area contributed by atoms with E-state index >= 15 is 0 Å². The van der Waals surface area contributed by atoms with Crippen molar-refractivity contribution in [2.24, 2.45) is 5.73 Å². The van der Waals surface area contributed by atoms with Crippen molar-refractivity contribution < 1.29 is 4.79 Å². The van der Waals surface area contributed by atoms with Crippen molar-refractivity contribution in [2.45, 2.75) is 29.5 Å². The number of carbonyl (C=O) groups is 1. The molecule has 2 aliphatic rings. The van der Waals surface area contributed by atoms with E-state index in [1.54, 1.807) is 23.1 Å². The zero-order chi connectivity index (χ0) is 22.1. The van der Waals surface area contributed by atoms with Crippen LogP contribution in [0.2, 0.25) is 10.0 Å². The standard InChI is InChI=1S/C20H14Cl2N6OS2/c21-12-5-4-10(8-13(12)22)16-11(9-24)18(25)28(14-2-1-3-15(29)17(14)16)19-26-27-20(31-19)30-7-6-23/h4-5,8,16H,1-3,7,25H2. The Kier molecular flexibility index (Phi) is 6.22. The number of nitrogens with two attached hydrogens (primary N) is 1. The molecule has 4 rings (SSSR count). The van der Waals surface area contributed by atoms with Gasteiger partial charge >= 0.3 is 0 Å². The molecule has 1 aromatic carbocycles. The first-order chi connectivity index (χ1) is 15.0. The minimum atomic E-state index is -0.626. The molecule has 0 saturated heterocycles. The summed E-state index contributed by atoms with van der Waals surface area (Å²) in [4.78, 5) is 14.7. The highest BCUT2D eigenvalue weighted by molar-refractivity contribution is 8.01. The molecule has 0 radical (unpaired) electrons. The Morgan fingerprint density at radius 3 is 2.77 bits per heavy atom. The summed E-state index contributed by atoms with van der Waals surface area (Å²) in [6.45, 7) is 0. The molecule has 2 heterocycles. The molecule has 156 valence electrons. The van der Waals surface area contributed by atoms with Crippen LogP contribution in [-0.2, 0) is 4.79 Å². The molecule has 0 spiro atoms. The van der Waals surface area contributed by atoms with E-state index in [-0.39, 0.29) is 22.9 Å². The number of benzene rings is 1. The summed E-state index contributed by atoms with van der Waals surface area (Å²) in [5.74, 6) is -0.208. The zero-order valence-corrected chi connectivity index (χ0v) is 19.1. The average Bonchev–Trinajstić information content (AvgIpc) is 3.22. The number of halogens is 2. The summed E-state index contributed by atoms with van der Waals surface area (Å²) in [7, 11) is 0. The van der Waals surface area contributed by atoms with Gasteiger partial charge in [0.25, 0.3) is 0 Å². The summed E-state index contributed by atoms with van der Waals surface area (Å²) in [5, 5.41) is 28.3. The van der Waals surface area contributed by atoms with Crippen molar-refractivity contribution in [3.05, 3.63) is 56.5 Å². The number of nitriles is 2. The maximum atomic E-state index is 13.1. The first-order valence-electron chi connectivity index (χ1n) is 9.20. The monoisotopic (exact) mass is 488 g/mol. The van der Waals surface area contributed by atoms with Crippen LogP contribution in [0, 0.1) is 22.7 Å². The Morgan fingerprint density at radius 1 is 1.26 bits per heavy atom. The van der Waals surface area contributed by atoms with E-state index in [0.717, 1.165) is 5.70 Å². The summed E-state index contributed by atoms with van der Waals surface area (Å²) in [6, 6.07) is 9.31. The zero-order valence-electron chi connectivity index (χ0n) is 15.9. The van der Waals surface area contributed by atoms with Crippen LogP contribution in [0.15, 0.2) is 45.2 Å². The van der Waals surface area contributed by atoms with Gasteiger partial charge in [-0.3, -0.25) is 9.69 Å². The molecule has 0 bridgehead atoms. The summed E-state index contributed by atoms with van der Waals surface area (Å²) in [5.41, 5.74) is 8.65. The molecule has 2 N–H and O–H groups in total. The van der Waals surface area contributed by atoms with Gasteiger partial charge in [-0.05, 0) is 30.5 Å². The van der Waals surface area contributed by atoms with Crippen LogP contribution in [0.1, 0.15) is 30.7 Å². The van der Waals surface area contributed by atoms with E-state index in [1.165, 1.54) is 23.1 Å². The minimum absolute atomic E-state index is 0.0360. The Hall–Kier alpha value is -2.56. The molecule has 1 aliphatic heterocycles.